The number of nitriles is 1. The third-order valence-corrected chi connectivity index (χ3v) is 1.85. The van der Waals surface area contributed by atoms with Crippen LogP contribution in [0.4, 0.5) is 0 Å². The molecule has 1 aliphatic rings. The van der Waals surface area contributed by atoms with Gasteiger partial charge in [-0.15, -0.1) is 0 Å². The maximum absolute atomic E-state index is 8.04. The summed E-state index contributed by atoms with van der Waals surface area (Å²) in [6.45, 7) is 4.64. The average molecular weight is 168 g/mol. The van der Waals surface area contributed by atoms with Gasteiger partial charge in [0.15, 0.2) is 0 Å². The molecule has 0 aromatic heterocycles. The van der Waals surface area contributed by atoms with E-state index in [2.05, 4.69) is 18.3 Å². The molecule has 0 aromatic rings. The molecule has 2 heteroatoms. The Hall–Kier alpha value is -0.550. The molecule has 0 aliphatic carbocycles. The molecule has 12 heavy (non-hydrogen) atoms. The van der Waals surface area contributed by atoms with Crippen LogP contribution in [0.2, 0.25) is 0 Å². The topological polar surface area (TPSA) is 35.8 Å². The molecule has 0 aromatic carbocycles. The van der Waals surface area contributed by atoms with Crippen molar-refractivity contribution in [2.45, 2.75) is 45.4 Å². The third-order valence-electron chi connectivity index (χ3n) is 1.85. The monoisotopic (exact) mass is 168 g/mol. The largest absolute Gasteiger partial charge is 0.317 e. The van der Waals surface area contributed by atoms with E-state index in [1.54, 1.807) is 0 Å². The second kappa shape index (κ2) is 10.4. The lowest BCUT2D eigenvalue weighted by atomic mass is 10.2. The first-order chi connectivity index (χ1) is 5.91. The van der Waals surface area contributed by atoms with E-state index < -0.39 is 0 Å². The lowest BCUT2D eigenvalue weighted by Gasteiger charge is -1.84. The van der Waals surface area contributed by atoms with Crippen molar-refractivity contribution in [3.63, 3.8) is 0 Å². The van der Waals surface area contributed by atoms with Gasteiger partial charge >= 0.3 is 0 Å². The highest BCUT2D eigenvalue weighted by Gasteiger charge is 1.93. The Kier molecular flexibility index (Phi) is 9.97. The first kappa shape index (κ1) is 11.4. The van der Waals surface area contributed by atoms with E-state index in [4.69, 9.17) is 5.26 Å². The van der Waals surface area contributed by atoms with E-state index >= 15 is 0 Å². The van der Waals surface area contributed by atoms with Crippen LogP contribution < -0.4 is 5.32 Å². The maximum Gasteiger partial charge on any atom is 0.0621 e. The van der Waals surface area contributed by atoms with Crippen LogP contribution in [0.25, 0.3) is 0 Å². The van der Waals surface area contributed by atoms with E-state index in [1.165, 1.54) is 38.8 Å². The van der Waals surface area contributed by atoms with Crippen LogP contribution in [0.5, 0.6) is 0 Å². The van der Waals surface area contributed by atoms with Gasteiger partial charge in [0, 0.05) is 6.42 Å². The van der Waals surface area contributed by atoms with Gasteiger partial charge in [-0.05, 0) is 32.4 Å². The lowest BCUT2D eigenvalue weighted by Crippen LogP contribution is -2.03. The van der Waals surface area contributed by atoms with E-state index in [0.717, 1.165) is 12.8 Å². The number of nitrogens with one attached hydrogen (secondary N) is 1. The van der Waals surface area contributed by atoms with Gasteiger partial charge in [0.25, 0.3) is 0 Å². The minimum Gasteiger partial charge on any atom is -0.317 e. The first-order valence-corrected chi connectivity index (χ1v) is 4.99. The minimum absolute atomic E-state index is 0.730. The van der Waals surface area contributed by atoms with Crippen molar-refractivity contribution in [3.05, 3.63) is 0 Å². The third kappa shape index (κ3) is 9.45. The van der Waals surface area contributed by atoms with Crippen molar-refractivity contribution >= 4 is 0 Å². The highest BCUT2D eigenvalue weighted by Crippen LogP contribution is 1.95. The zero-order valence-electron chi connectivity index (χ0n) is 8.10. The van der Waals surface area contributed by atoms with E-state index in [9.17, 15) is 0 Å². The van der Waals surface area contributed by atoms with Gasteiger partial charge in [-0.2, -0.15) is 5.26 Å². The highest BCUT2D eigenvalue weighted by molar-refractivity contribution is 4.67. The molecule has 0 atom stereocenters. The summed E-state index contributed by atoms with van der Waals surface area (Å²) >= 11 is 0. The number of rotatable bonds is 3. The number of hydrogen-bond acceptors (Lipinski definition) is 2. The number of nitrogens with zero attached hydrogens (tertiary/aromatic N) is 1. The van der Waals surface area contributed by atoms with Crippen LogP contribution in [0, 0.1) is 11.3 Å². The van der Waals surface area contributed by atoms with Gasteiger partial charge < -0.3 is 5.32 Å². The standard InChI is InChI=1S/C6H11N.C4H9N/c1-2-3-4-5-6-7;1-2-4-5-3-1/h2-5H2,1H3;5H,1-4H2. The molecule has 1 rings (SSSR count). The van der Waals surface area contributed by atoms with E-state index in [-0.39, 0.29) is 0 Å². The SMILES string of the molecule is C1CCNC1.CCCCCC#N. The van der Waals surface area contributed by atoms with E-state index in [0.29, 0.717) is 0 Å². The minimum atomic E-state index is 0.730. The predicted octanol–water partition coefficient (Wildman–Crippen LogP) is 2.46. The molecule has 0 bridgehead atoms. The fourth-order valence-electron chi connectivity index (χ4n) is 1.08. The zero-order chi connectivity index (χ0) is 9.07. The summed E-state index contributed by atoms with van der Waals surface area (Å²) in [5.41, 5.74) is 0. The van der Waals surface area contributed by atoms with Crippen molar-refractivity contribution in [1.29, 1.82) is 5.26 Å². The van der Waals surface area contributed by atoms with E-state index in [1.807, 2.05) is 0 Å². The maximum atomic E-state index is 8.04. The molecule has 1 N–H and O–H groups in total. The number of unbranched alkanes of at least 4 members (excludes halogenated alkanes) is 3. The molecule has 1 saturated heterocycles. The van der Waals surface area contributed by atoms with Gasteiger partial charge in [0.1, 0.15) is 0 Å². The van der Waals surface area contributed by atoms with Gasteiger partial charge in [0.05, 0.1) is 6.07 Å². The molecular formula is C10H20N2. The summed E-state index contributed by atoms with van der Waals surface area (Å²) in [6, 6.07) is 2.10. The molecule has 0 saturated carbocycles. The molecule has 0 unspecified atom stereocenters. The molecule has 1 fully saturated rings. The highest BCUT2D eigenvalue weighted by atomic mass is 14.9. The van der Waals surface area contributed by atoms with Gasteiger partial charge in [-0.3, -0.25) is 0 Å². The lowest BCUT2D eigenvalue weighted by molar-refractivity contribution is 0.734. The fourth-order valence-corrected chi connectivity index (χ4v) is 1.08. The van der Waals surface area contributed by atoms with Crippen LogP contribution in [-0.4, -0.2) is 13.1 Å². The zero-order valence-corrected chi connectivity index (χ0v) is 8.10. The molecule has 0 spiro atoms. The molecule has 2 nitrogen and oxygen atoms in total. The summed E-state index contributed by atoms with van der Waals surface area (Å²) in [6.07, 6.45) is 7.00. The summed E-state index contributed by atoms with van der Waals surface area (Å²) in [7, 11) is 0. The summed E-state index contributed by atoms with van der Waals surface area (Å²) < 4.78 is 0. The number of hydrogen-bond donors (Lipinski definition) is 1. The van der Waals surface area contributed by atoms with Crippen molar-refractivity contribution in [3.8, 4) is 6.07 Å². The molecule has 1 aliphatic heterocycles. The normalized spacial score (nSPS) is 14.7. The predicted molar refractivity (Wildman–Crippen MR) is 51.9 cm³/mol. The van der Waals surface area contributed by atoms with Gasteiger partial charge in [0.2, 0.25) is 0 Å². The first-order valence-electron chi connectivity index (χ1n) is 4.99. The average Bonchev–Trinajstić information content (AvgIpc) is 2.62. The van der Waals surface area contributed by atoms with Crippen molar-refractivity contribution in [2.24, 2.45) is 0 Å². The molecule has 0 radical (unpaired) electrons. The molecule has 70 valence electrons. The second-order valence-corrected chi connectivity index (χ2v) is 3.07. The summed E-state index contributed by atoms with van der Waals surface area (Å²) in [5, 5.41) is 11.3. The second-order valence-electron chi connectivity index (χ2n) is 3.07. The van der Waals surface area contributed by atoms with Crippen LogP contribution in [0.15, 0.2) is 0 Å². The van der Waals surface area contributed by atoms with Crippen LogP contribution in [-0.2, 0) is 0 Å². The van der Waals surface area contributed by atoms with Crippen molar-refractivity contribution in [2.75, 3.05) is 13.1 Å². The Bertz CT molecular complexity index is 104. The smallest absolute Gasteiger partial charge is 0.0621 e. The Morgan fingerprint density at radius 1 is 1.25 bits per heavy atom. The van der Waals surface area contributed by atoms with Crippen molar-refractivity contribution < 1.29 is 0 Å². The molecular weight excluding hydrogens is 148 g/mol. The molecule has 1 heterocycles. The Balaban J connectivity index is 0.000000211. The fraction of sp³-hybridized carbons (Fsp3) is 0.900. The Morgan fingerprint density at radius 3 is 2.25 bits per heavy atom. The van der Waals surface area contributed by atoms with Gasteiger partial charge in [-0.25, -0.2) is 0 Å². The Labute approximate surface area is 76.0 Å². The van der Waals surface area contributed by atoms with Crippen LogP contribution in [0.1, 0.15) is 45.4 Å². The van der Waals surface area contributed by atoms with Crippen LogP contribution >= 0.6 is 0 Å². The van der Waals surface area contributed by atoms with Crippen molar-refractivity contribution in [1.82, 2.24) is 5.32 Å². The Morgan fingerprint density at radius 2 is 1.92 bits per heavy atom. The summed E-state index contributed by atoms with van der Waals surface area (Å²) in [4.78, 5) is 0. The summed E-state index contributed by atoms with van der Waals surface area (Å²) in [5.74, 6) is 0. The molecule has 0 amide bonds. The van der Waals surface area contributed by atoms with Crippen LogP contribution in [0.3, 0.4) is 0 Å². The quantitative estimate of drug-likeness (QED) is 0.657. The van der Waals surface area contributed by atoms with Gasteiger partial charge in [-0.1, -0.05) is 19.8 Å².